The van der Waals surface area contributed by atoms with Gasteiger partial charge in [0.15, 0.2) is 19.9 Å². The number of epoxide rings is 3. The van der Waals surface area contributed by atoms with Gasteiger partial charge in [-0.05, 0) is 97.5 Å². The van der Waals surface area contributed by atoms with Gasteiger partial charge in [-0.15, -0.1) is 11.8 Å². The molecule has 0 spiro atoms. The summed E-state index contributed by atoms with van der Waals surface area (Å²) in [5, 5.41) is 2.12. The van der Waals surface area contributed by atoms with Crippen LogP contribution in [0.5, 0.6) is 17.2 Å². The average Bonchev–Trinajstić information content (AvgIpc) is 1.48. The van der Waals surface area contributed by atoms with E-state index in [9.17, 15) is 28.1 Å². The zero-order chi connectivity index (χ0) is 65.1. The second kappa shape index (κ2) is 42.6. The quantitative estimate of drug-likeness (QED) is 0.0398. The largest absolute Gasteiger partial charge is 0.491 e. The van der Waals surface area contributed by atoms with Crippen LogP contribution in [-0.4, -0.2) is 120 Å². The Labute approximate surface area is 554 Å². The Hall–Kier alpha value is -4.85. The van der Waals surface area contributed by atoms with Gasteiger partial charge in [-0.3, -0.25) is 0 Å². The molecule has 506 valence electrons. The molecule has 4 aliphatic carbocycles. The van der Waals surface area contributed by atoms with Crippen molar-refractivity contribution in [3.05, 3.63) is 247 Å². The monoisotopic (exact) mass is 1570 g/mol. The number of hydrogen-bond acceptors (Lipinski definition) is 7. The number of hydrogen-bond donors (Lipinski definition) is 0. The Morgan fingerprint density at radius 2 is 0.761 bits per heavy atom. The molecule has 5 aromatic rings. The van der Waals surface area contributed by atoms with Crippen LogP contribution in [0.15, 0.2) is 256 Å². The molecular formula is C69H82F12O6S3Sb2. The average molecular weight is 1580 g/mol. The normalized spacial score (nSPS) is 22.0. The number of ether oxygens (including phenoxy) is 6. The third-order valence-electron chi connectivity index (χ3n) is 12.1. The third kappa shape index (κ3) is 39.8. The van der Waals surface area contributed by atoms with Crippen molar-refractivity contribution in [2.75, 3.05) is 39.6 Å². The Balaban J connectivity index is 0.000000337. The summed E-state index contributed by atoms with van der Waals surface area (Å²) in [6.45, 7) is 13.1. The van der Waals surface area contributed by atoms with Crippen LogP contribution in [0.25, 0.3) is 0 Å². The van der Waals surface area contributed by atoms with Crippen LogP contribution in [0.2, 0.25) is 0 Å². The SMILES string of the molecule is C1=CCC([S+](C2=CC(SC3=CC([S+](c4ccccc4)C4C=CC=CC4)CC=C3)CC=C2)c2ccccc2)C=C1.CCC.CCC.[F-].[F-].[F][Sb]([F])([F])([F])[F].[F][Sb]([F])([F])([F])[F].c1ccc(OCC2CO2)cc1.c1ccc(OCC2CO2)cc1.c1ccc(OCC2CO2)cc1. The molecule has 23 heteroatoms. The summed E-state index contributed by atoms with van der Waals surface area (Å²) in [7, 11) is 0.190. The minimum atomic E-state index is -9.19. The number of thioether (sulfide) groups is 1. The maximum absolute atomic E-state index is 9.91. The predicted octanol–water partition coefficient (Wildman–Crippen LogP) is 13.9. The van der Waals surface area contributed by atoms with Crippen LogP contribution >= 0.6 is 11.8 Å². The van der Waals surface area contributed by atoms with Crippen LogP contribution < -0.4 is 23.6 Å². The van der Waals surface area contributed by atoms with E-state index in [1.54, 1.807) is 0 Å². The molecule has 5 aromatic carbocycles. The molecule has 9 atom stereocenters. The van der Waals surface area contributed by atoms with Crippen LogP contribution in [0.1, 0.15) is 66.2 Å². The molecule has 12 rings (SSSR count). The van der Waals surface area contributed by atoms with Crippen LogP contribution in [0.4, 0.5) is 28.1 Å². The van der Waals surface area contributed by atoms with Crippen molar-refractivity contribution in [3.63, 3.8) is 0 Å². The molecule has 0 amide bonds. The first-order valence-corrected chi connectivity index (χ1v) is 42.9. The molecule has 0 aromatic heterocycles. The molecule has 3 heterocycles. The molecule has 3 fully saturated rings. The molecule has 0 saturated carbocycles. The van der Waals surface area contributed by atoms with E-state index in [0.29, 0.717) is 59.1 Å². The van der Waals surface area contributed by atoms with Gasteiger partial charge in [0.2, 0.25) is 0 Å². The van der Waals surface area contributed by atoms with Crippen LogP contribution in [-0.2, 0) is 36.0 Å². The van der Waals surface area contributed by atoms with Crippen LogP contribution in [0.3, 0.4) is 0 Å². The summed E-state index contributed by atoms with van der Waals surface area (Å²) in [6, 6.07) is 51.8. The van der Waals surface area contributed by atoms with Crippen molar-refractivity contribution in [2.45, 2.75) is 115 Å². The van der Waals surface area contributed by atoms with Crippen molar-refractivity contribution in [2.24, 2.45) is 0 Å². The van der Waals surface area contributed by atoms with Gasteiger partial charge in [0, 0.05) is 40.3 Å². The van der Waals surface area contributed by atoms with Gasteiger partial charge >= 0.3 is 68.7 Å². The predicted molar refractivity (Wildman–Crippen MR) is 356 cm³/mol. The maximum Gasteiger partial charge on any atom is 0.119 e. The smallest absolute Gasteiger partial charge is 0.119 e. The first-order chi connectivity index (χ1) is 43.0. The van der Waals surface area contributed by atoms with E-state index in [2.05, 4.69) is 185 Å². The van der Waals surface area contributed by atoms with Gasteiger partial charge in [-0.2, -0.15) is 0 Å². The summed E-state index contributed by atoms with van der Waals surface area (Å²) in [6.07, 6.45) is 41.2. The van der Waals surface area contributed by atoms with E-state index in [1.807, 2.05) is 91.0 Å². The molecule has 3 saturated heterocycles. The minimum absolute atomic E-state index is 0. The molecule has 0 N–H and O–H groups in total. The Kier molecular flexibility index (Phi) is 37.6. The third-order valence-corrected chi connectivity index (χ3v) is 18.6. The van der Waals surface area contributed by atoms with Gasteiger partial charge in [0.25, 0.3) is 0 Å². The van der Waals surface area contributed by atoms with Crippen molar-refractivity contribution in [1.29, 1.82) is 0 Å². The van der Waals surface area contributed by atoms with Gasteiger partial charge in [0.1, 0.15) is 65.9 Å². The van der Waals surface area contributed by atoms with Crippen molar-refractivity contribution in [1.82, 2.24) is 0 Å². The standard InChI is InChI=1S/C36H36S3.3C9H10O2.2C3H8.12FH.2Sb/c1-5-17-31(18-6-1)38(32-19-7-2-8-20-32)35-25-13-15-29(27-35)37-30-16-14-26-36(28-30)39(33-21-9-3-10-22-33)34-23-11-4-12-24-34;3*1-2-4-8(5-3-1)10-6-9-7-11-9;2*1-3-2;;;;;;;;;;;;;;/h1-15,17-19,21-23,26-28,30,32,34-35H,16,20,24-25H2;3*1-5,9H,6-7H2;2*3H2,1-2H3;12*1H;;/q+2;;;;;;;;;;;;;;;;;;2*+5/p-12. The zero-order valence-electron chi connectivity index (χ0n) is 51.6. The van der Waals surface area contributed by atoms with E-state index in [1.165, 1.54) is 32.4 Å². The Morgan fingerprint density at radius 3 is 1.12 bits per heavy atom. The topological polar surface area (TPSA) is 65.3 Å². The van der Waals surface area contributed by atoms with E-state index in [-0.39, 0.29) is 31.2 Å². The van der Waals surface area contributed by atoms with Gasteiger partial charge in [0.05, 0.1) is 30.7 Å². The van der Waals surface area contributed by atoms with Gasteiger partial charge in [-0.25, -0.2) is 0 Å². The summed E-state index contributed by atoms with van der Waals surface area (Å²) < 4.78 is 130. The number of rotatable bonds is 17. The fourth-order valence-electron chi connectivity index (χ4n) is 8.20. The van der Waals surface area contributed by atoms with Crippen molar-refractivity contribution < 1.29 is 66.0 Å². The molecule has 0 radical (unpaired) electrons. The molecule has 6 nitrogen and oxygen atoms in total. The molecule has 7 aliphatic rings. The summed E-state index contributed by atoms with van der Waals surface area (Å²) >= 11 is -16.3. The summed E-state index contributed by atoms with van der Waals surface area (Å²) in [4.78, 5) is 5.87. The maximum atomic E-state index is 9.91. The fraction of sp³-hybridized carbons (Fsp3) is 0.333. The van der Waals surface area contributed by atoms with E-state index < -0.39 is 40.6 Å². The number of allylic oxidation sites excluding steroid dienone is 10. The number of benzene rings is 5. The molecule has 9 unspecified atom stereocenters. The van der Waals surface area contributed by atoms with Crippen molar-refractivity contribution in [3.8, 4) is 17.2 Å². The Bertz CT molecular complexity index is 2870. The molecule has 92 heavy (non-hydrogen) atoms. The van der Waals surface area contributed by atoms with Gasteiger partial charge in [-0.1, -0.05) is 186 Å². The van der Waals surface area contributed by atoms with Gasteiger partial charge < -0.3 is 37.8 Å². The van der Waals surface area contributed by atoms with E-state index >= 15 is 0 Å². The van der Waals surface area contributed by atoms with E-state index in [4.69, 9.17) is 28.4 Å². The molecule has 0 bridgehead atoms. The number of halogens is 12. The van der Waals surface area contributed by atoms with Crippen LogP contribution in [0, 0.1) is 0 Å². The second-order valence-electron chi connectivity index (χ2n) is 20.5. The Morgan fingerprint density at radius 1 is 0.424 bits per heavy atom. The van der Waals surface area contributed by atoms with E-state index in [0.717, 1.165) is 62.8 Å². The first kappa shape index (κ1) is 81.4. The summed E-state index contributed by atoms with van der Waals surface area (Å²) in [5.41, 5.74) is 0. The molecular weight excluding hydrogens is 1490 g/mol. The van der Waals surface area contributed by atoms with Crippen molar-refractivity contribution >= 4 is 74.2 Å². The number of para-hydroxylation sites is 3. The second-order valence-corrected chi connectivity index (χ2v) is 33.8. The fourth-order valence-corrected chi connectivity index (χ4v) is 14.9. The minimum Gasteiger partial charge on any atom is -0.491 e. The molecule has 3 aliphatic heterocycles. The zero-order valence-corrected chi connectivity index (χ0v) is 59.2. The summed E-state index contributed by atoms with van der Waals surface area (Å²) in [5.74, 6) is 2.76. The first-order valence-electron chi connectivity index (χ1n) is 29.8.